The van der Waals surface area contributed by atoms with Crippen LogP contribution in [-0.4, -0.2) is 21.5 Å². The molecule has 0 spiro atoms. The number of rotatable bonds is 4. The second-order valence-corrected chi connectivity index (χ2v) is 7.76. The lowest BCUT2D eigenvalue weighted by atomic mass is 9.65. The Bertz CT molecular complexity index is 760. The van der Waals surface area contributed by atoms with E-state index in [1.807, 2.05) is 18.2 Å². The maximum atomic E-state index is 12.9. The maximum Gasteiger partial charge on any atom is 0.229 e. The number of aromatic nitrogens is 2. The molecule has 5 nitrogen and oxygen atoms in total. The molecule has 0 aliphatic heterocycles. The first-order valence-electron chi connectivity index (χ1n) is 9.69. The lowest BCUT2D eigenvalue weighted by Crippen LogP contribution is -2.48. The Kier molecular flexibility index (Phi) is 5.88. The lowest BCUT2D eigenvalue weighted by molar-refractivity contribution is -0.122. The van der Waals surface area contributed by atoms with Gasteiger partial charge in [-0.3, -0.25) is 10.1 Å². The molecule has 2 unspecified atom stereocenters. The van der Waals surface area contributed by atoms with Gasteiger partial charge in [-0.05, 0) is 56.1 Å². The molecule has 1 amide bonds. The van der Waals surface area contributed by atoms with Crippen LogP contribution in [0.3, 0.4) is 0 Å². The minimum atomic E-state index is 0. The van der Waals surface area contributed by atoms with Gasteiger partial charge >= 0.3 is 0 Å². The van der Waals surface area contributed by atoms with Gasteiger partial charge in [0.05, 0.1) is 11.0 Å². The SMILES string of the molecule is CCCn1c(NC(=O)C2CC3CCCC(C2)C3N)nc2ccccc21.Cl. The number of hydrogen-bond acceptors (Lipinski definition) is 3. The number of anilines is 1. The number of carbonyl (C=O) groups excluding carboxylic acids is 1. The fourth-order valence-corrected chi connectivity index (χ4v) is 4.84. The molecular formula is C20H29ClN4O. The first kappa shape index (κ1) is 19.2. The molecule has 26 heavy (non-hydrogen) atoms. The van der Waals surface area contributed by atoms with Crippen molar-refractivity contribution in [1.29, 1.82) is 0 Å². The molecule has 1 aromatic heterocycles. The van der Waals surface area contributed by atoms with E-state index in [2.05, 4.69) is 27.9 Å². The third kappa shape index (κ3) is 3.47. The van der Waals surface area contributed by atoms with Gasteiger partial charge < -0.3 is 10.3 Å². The highest BCUT2D eigenvalue weighted by Crippen LogP contribution is 2.42. The van der Waals surface area contributed by atoms with Crippen LogP contribution in [0.15, 0.2) is 24.3 Å². The molecule has 6 heteroatoms. The summed E-state index contributed by atoms with van der Waals surface area (Å²) in [5.41, 5.74) is 8.39. The molecule has 2 saturated carbocycles. The highest BCUT2D eigenvalue weighted by Gasteiger charge is 2.40. The molecule has 2 atom stereocenters. The van der Waals surface area contributed by atoms with Crippen LogP contribution in [0, 0.1) is 17.8 Å². The number of nitrogens with two attached hydrogens (primary N) is 1. The predicted molar refractivity (Wildman–Crippen MR) is 107 cm³/mol. The van der Waals surface area contributed by atoms with E-state index in [0.717, 1.165) is 36.8 Å². The van der Waals surface area contributed by atoms with Crippen molar-refractivity contribution in [3.05, 3.63) is 24.3 Å². The zero-order valence-corrected chi connectivity index (χ0v) is 16.2. The van der Waals surface area contributed by atoms with E-state index in [1.165, 1.54) is 19.3 Å². The van der Waals surface area contributed by atoms with Gasteiger partial charge in [0.25, 0.3) is 0 Å². The summed E-state index contributed by atoms with van der Waals surface area (Å²) in [5, 5.41) is 3.13. The van der Waals surface area contributed by atoms with Crippen molar-refractivity contribution in [1.82, 2.24) is 9.55 Å². The van der Waals surface area contributed by atoms with Crippen LogP contribution in [-0.2, 0) is 11.3 Å². The molecule has 3 N–H and O–H groups in total. The Balaban J connectivity index is 0.00000196. The van der Waals surface area contributed by atoms with Gasteiger partial charge in [-0.2, -0.15) is 0 Å². The molecule has 2 aromatic rings. The molecule has 4 rings (SSSR count). The standard InChI is InChI=1S/C20H28N4O.ClH/c1-2-10-24-17-9-4-3-8-16(17)22-20(24)23-19(25)15-11-13-6-5-7-14(12-15)18(13)21;/h3-4,8-9,13-15,18H,2,5-7,10-12,21H2,1H3,(H,22,23,25);1H. The van der Waals surface area contributed by atoms with Gasteiger partial charge in [-0.25, -0.2) is 4.98 Å². The van der Waals surface area contributed by atoms with E-state index in [1.54, 1.807) is 0 Å². The normalized spacial score (nSPS) is 27.8. The summed E-state index contributed by atoms with van der Waals surface area (Å²) in [6.07, 6.45) is 6.48. The number of halogens is 1. The van der Waals surface area contributed by atoms with Crippen LogP contribution in [0.25, 0.3) is 11.0 Å². The van der Waals surface area contributed by atoms with Crippen LogP contribution in [0.1, 0.15) is 45.4 Å². The molecule has 0 saturated heterocycles. The molecule has 2 aliphatic rings. The van der Waals surface area contributed by atoms with Crippen molar-refractivity contribution in [3.63, 3.8) is 0 Å². The number of benzene rings is 1. The first-order valence-corrected chi connectivity index (χ1v) is 9.69. The van der Waals surface area contributed by atoms with Gasteiger partial charge in [0.1, 0.15) is 0 Å². The average Bonchev–Trinajstić information content (AvgIpc) is 2.92. The van der Waals surface area contributed by atoms with E-state index >= 15 is 0 Å². The number of nitrogens with zero attached hydrogens (tertiary/aromatic N) is 2. The maximum absolute atomic E-state index is 12.9. The largest absolute Gasteiger partial charge is 0.327 e. The van der Waals surface area contributed by atoms with Crippen LogP contribution >= 0.6 is 12.4 Å². The fourth-order valence-electron chi connectivity index (χ4n) is 4.84. The summed E-state index contributed by atoms with van der Waals surface area (Å²) in [5.74, 6) is 1.91. The van der Waals surface area contributed by atoms with Crippen molar-refractivity contribution in [3.8, 4) is 0 Å². The number of imidazole rings is 1. The number of amides is 1. The van der Waals surface area contributed by atoms with Crippen molar-refractivity contribution in [2.24, 2.45) is 23.5 Å². The smallest absolute Gasteiger partial charge is 0.229 e. The minimum absolute atomic E-state index is 0. The Labute approximate surface area is 161 Å². The Morgan fingerprint density at radius 3 is 2.65 bits per heavy atom. The molecule has 1 heterocycles. The van der Waals surface area contributed by atoms with E-state index in [-0.39, 0.29) is 24.2 Å². The zero-order valence-electron chi connectivity index (χ0n) is 15.4. The summed E-state index contributed by atoms with van der Waals surface area (Å²) in [6, 6.07) is 8.37. The number of fused-ring (bicyclic) bond motifs is 3. The van der Waals surface area contributed by atoms with E-state index in [9.17, 15) is 4.79 Å². The van der Waals surface area contributed by atoms with Gasteiger partial charge in [0, 0.05) is 18.5 Å². The van der Waals surface area contributed by atoms with Gasteiger partial charge in [0.2, 0.25) is 11.9 Å². The monoisotopic (exact) mass is 376 g/mol. The summed E-state index contributed by atoms with van der Waals surface area (Å²) < 4.78 is 2.13. The highest BCUT2D eigenvalue weighted by atomic mass is 35.5. The molecular weight excluding hydrogens is 348 g/mol. The van der Waals surface area contributed by atoms with Gasteiger partial charge in [0.15, 0.2) is 0 Å². The van der Waals surface area contributed by atoms with E-state index in [0.29, 0.717) is 23.8 Å². The van der Waals surface area contributed by atoms with Crippen LogP contribution in [0.5, 0.6) is 0 Å². The number of hydrogen-bond donors (Lipinski definition) is 2. The van der Waals surface area contributed by atoms with Gasteiger partial charge in [-0.1, -0.05) is 25.5 Å². The van der Waals surface area contributed by atoms with Crippen LogP contribution in [0.4, 0.5) is 5.95 Å². The molecule has 0 radical (unpaired) electrons. The van der Waals surface area contributed by atoms with Crippen molar-refractivity contribution >= 4 is 35.3 Å². The third-order valence-corrected chi connectivity index (χ3v) is 6.12. The second-order valence-electron chi connectivity index (χ2n) is 7.76. The molecule has 142 valence electrons. The Morgan fingerprint density at radius 2 is 1.96 bits per heavy atom. The van der Waals surface area contributed by atoms with Crippen molar-refractivity contribution < 1.29 is 4.79 Å². The zero-order chi connectivity index (χ0) is 17.4. The number of aryl methyl sites for hydroxylation is 1. The van der Waals surface area contributed by atoms with Crippen molar-refractivity contribution in [2.75, 3.05) is 5.32 Å². The molecule has 1 aromatic carbocycles. The summed E-state index contributed by atoms with van der Waals surface area (Å²) >= 11 is 0. The average molecular weight is 377 g/mol. The summed E-state index contributed by atoms with van der Waals surface area (Å²) in [7, 11) is 0. The van der Waals surface area contributed by atoms with Gasteiger partial charge in [-0.15, -0.1) is 12.4 Å². The Hall–Kier alpha value is -1.59. The van der Waals surface area contributed by atoms with Crippen molar-refractivity contribution in [2.45, 2.75) is 58.0 Å². The highest BCUT2D eigenvalue weighted by molar-refractivity contribution is 5.93. The molecule has 2 fully saturated rings. The quantitative estimate of drug-likeness (QED) is 0.848. The number of para-hydroxylation sites is 2. The molecule has 2 bridgehead atoms. The topological polar surface area (TPSA) is 72.9 Å². The van der Waals surface area contributed by atoms with Crippen LogP contribution < -0.4 is 11.1 Å². The Morgan fingerprint density at radius 1 is 1.27 bits per heavy atom. The minimum Gasteiger partial charge on any atom is -0.327 e. The third-order valence-electron chi connectivity index (χ3n) is 6.12. The fraction of sp³-hybridized carbons (Fsp3) is 0.600. The summed E-state index contributed by atoms with van der Waals surface area (Å²) in [6.45, 7) is 3.00. The van der Waals surface area contributed by atoms with Crippen LogP contribution in [0.2, 0.25) is 0 Å². The molecule has 2 aliphatic carbocycles. The second kappa shape index (κ2) is 7.97. The number of carbonyl (C=O) groups is 1. The predicted octanol–water partition coefficient (Wildman–Crippen LogP) is 3.96. The van der Waals surface area contributed by atoms with E-state index in [4.69, 9.17) is 5.73 Å². The first-order chi connectivity index (χ1) is 12.2. The lowest BCUT2D eigenvalue weighted by Gasteiger charge is -2.43. The number of nitrogens with one attached hydrogen (secondary N) is 1. The van der Waals surface area contributed by atoms with E-state index < -0.39 is 0 Å². The summed E-state index contributed by atoms with van der Waals surface area (Å²) in [4.78, 5) is 17.6.